The number of nitrogens with one attached hydrogen (secondary N) is 1. The van der Waals surface area contributed by atoms with Gasteiger partial charge < -0.3 is 19.5 Å². The van der Waals surface area contributed by atoms with E-state index < -0.39 is 5.60 Å². The van der Waals surface area contributed by atoms with Crippen LogP contribution < -0.4 is 5.32 Å². The molecule has 3 atom stereocenters. The summed E-state index contributed by atoms with van der Waals surface area (Å²) in [5, 5.41) is 3.17. The SMILES string of the molecule is CCCCCCCCCCCCCCCCCCOC(CCNC(=O)CC(C)(CC)OCCC(C)CC)COCCCCCCCCCCCCCCCC. The average Bonchev–Trinajstić information content (AvgIpc) is 3.18. The minimum Gasteiger partial charge on any atom is -0.379 e. The summed E-state index contributed by atoms with van der Waals surface area (Å²) in [6.07, 6.45) is 45.5. The lowest BCUT2D eigenvalue weighted by Crippen LogP contribution is -2.38. The van der Waals surface area contributed by atoms with Crippen LogP contribution in [0.25, 0.3) is 0 Å². The van der Waals surface area contributed by atoms with Crippen LogP contribution in [0.15, 0.2) is 0 Å². The monoisotopic (exact) mass is 780 g/mol. The number of amides is 1. The zero-order valence-corrected chi connectivity index (χ0v) is 38.6. The third-order valence-corrected chi connectivity index (χ3v) is 12.1. The van der Waals surface area contributed by atoms with E-state index in [2.05, 4.69) is 46.9 Å². The highest BCUT2D eigenvalue weighted by molar-refractivity contribution is 5.76. The number of hydrogen-bond donors (Lipinski definition) is 1. The van der Waals surface area contributed by atoms with Crippen LogP contribution in [0, 0.1) is 5.92 Å². The molecule has 55 heavy (non-hydrogen) atoms. The molecule has 1 N–H and O–H groups in total. The van der Waals surface area contributed by atoms with Gasteiger partial charge in [-0.25, -0.2) is 0 Å². The van der Waals surface area contributed by atoms with Crippen LogP contribution in [-0.2, 0) is 19.0 Å². The first-order valence-corrected chi connectivity index (χ1v) is 25.0. The molecule has 3 unspecified atom stereocenters. The predicted octanol–water partition coefficient (Wildman–Crippen LogP) is 15.6. The van der Waals surface area contributed by atoms with E-state index in [4.69, 9.17) is 14.2 Å². The number of unbranched alkanes of at least 4 members (excludes halogenated alkanes) is 28. The van der Waals surface area contributed by atoms with Gasteiger partial charge in [-0.15, -0.1) is 0 Å². The second kappa shape index (κ2) is 42.9. The van der Waals surface area contributed by atoms with Gasteiger partial charge in [0.15, 0.2) is 0 Å². The molecule has 1 amide bonds. The Kier molecular flexibility index (Phi) is 42.4. The Labute approximate surface area is 346 Å². The van der Waals surface area contributed by atoms with Gasteiger partial charge in [0.05, 0.1) is 24.7 Å². The maximum atomic E-state index is 12.9. The third-order valence-electron chi connectivity index (χ3n) is 12.1. The highest BCUT2D eigenvalue weighted by Crippen LogP contribution is 2.22. The summed E-state index contributed by atoms with van der Waals surface area (Å²) in [5.74, 6) is 0.732. The molecule has 0 spiro atoms. The van der Waals surface area contributed by atoms with Gasteiger partial charge in [-0.3, -0.25) is 4.79 Å². The second-order valence-corrected chi connectivity index (χ2v) is 17.7. The van der Waals surface area contributed by atoms with E-state index in [1.807, 2.05) is 0 Å². The van der Waals surface area contributed by atoms with Crippen molar-refractivity contribution in [2.24, 2.45) is 5.92 Å². The van der Waals surface area contributed by atoms with E-state index in [1.54, 1.807) is 0 Å². The van der Waals surface area contributed by atoms with Crippen molar-refractivity contribution in [2.75, 3.05) is 33.0 Å². The van der Waals surface area contributed by atoms with Gasteiger partial charge in [-0.2, -0.15) is 0 Å². The molecule has 0 aromatic heterocycles. The van der Waals surface area contributed by atoms with Crippen LogP contribution in [0.1, 0.15) is 266 Å². The molecule has 5 nitrogen and oxygen atoms in total. The van der Waals surface area contributed by atoms with Crippen LogP contribution in [0.3, 0.4) is 0 Å². The third kappa shape index (κ3) is 39.9. The summed E-state index contributed by atoms with van der Waals surface area (Å²) < 4.78 is 18.8. The van der Waals surface area contributed by atoms with Crippen LogP contribution in [-0.4, -0.2) is 50.6 Å². The Balaban J connectivity index is 4.27. The van der Waals surface area contributed by atoms with Crippen molar-refractivity contribution in [1.29, 1.82) is 0 Å². The fourth-order valence-electron chi connectivity index (χ4n) is 7.49. The highest BCUT2D eigenvalue weighted by Gasteiger charge is 2.26. The smallest absolute Gasteiger partial charge is 0.222 e. The quantitative estimate of drug-likeness (QED) is 0.0625. The predicted molar refractivity (Wildman–Crippen MR) is 241 cm³/mol. The van der Waals surface area contributed by atoms with Crippen LogP contribution in [0.5, 0.6) is 0 Å². The number of carbonyl (C=O) groups is 1. The molecule has 0 fully saturated rings. The molecule has 0 radical (unpaired) electrons. The normalized spacial score (nSPS) is 13.9. The minimum absolute atomic E-state index is 0.0348. The van der Waals surface area contributed by atoms with E-state index in [9.17, 15) is 4.79 Å². The zero-order chi connectivity index (χ0) is 40.3. The fraction of sp³-hybridized carbons (Fsp3) is 0.980. The zero-order valence-electron chi connectivity index (χ0n) is 38.6. The van der Waals surface area contributed by atoms with Gasteiger partial charge >= 0.3 is 0 Å². The molecule has 0 bridgehead atoms. The van der Waals surface area contributed by atoms with Crippen molar-refractivity contribution >= 4 is 5.91 Å². The van der Waals surface area contributed by atoms with Crippen LogP contribution >= 0.6 is 0 Å². The Morgan fingerprint density at radius 2 is 0.927 bits per heavy atom. The standard InChI is InChI=1S/C50H101NO4/c1-7-11-13-15-17-19-21-23-25-26-28-30-32-34-36-38-43-54-48(39-41-51-49(52)45-50(6,10-4)55-44-40-47(5)9-3)46-53-42-37-35-33-31-29-27-24-22-20-18-16-14-12-8-2/h47-48H,7-46H2,1-6H3,(H,51,52). The van der Waals surface area contributed by atoms with Crippen molar-refractivity contribution < 1.29 is 19.0 Å². The molecule has 0 aliphatic rings. The Bertz CT molecular complexity index is 762. The van der Waals surface area contributed by atoms with Gasteiger partial charge in [-0.05, 0) is 44.9 Å². The summed E-state index contributed by atoms with van der Waals surface area (Å²) in [7, 11) is 0. The van der Waals surface area contributed by atoms with Gasteiger partial charge in [0.2, 0.25) is 5.91 Å². The van der Waals surface area contributed by atoms with Crippen molar-refractivity contribution in [3.63, 3.8) is 0 Å². The van der Waals surface area contributed by atoms with Crippen LogP contribution in [0.2, 0.25) is 0 Å². The summed E-state index contributed by atoms with van der Waals surface area (Å²) in [6.45, 7) is 16.8. The molecule has 5 heteroatoms. The number of carbonyl (C=O) groups excluding carboxylic acids is 1. The molecule has 0 rings (SSSR count). The molecule has 0 aromatic carbocycles. The first-order valence-electron chi connectivity index (χ1n) is 25.0. The summed E-state index contributed by atoms with van der Waals surface area (Å²) in [5.41, 5.74) is -0.405. The van der Waals surface area contributed by atoms with E-state index in [0.29, 0.717) is 25.5 Å². The van der Waals surface area contributed by atoms with Gasteiger partial charge in [0, 0.05) is 26.4 Å². The van der Waals surface area contributed by atoms with Crippen molar-refractivity contribution in [3.8, 4) is 0 Å². The van der Waals surface area contributed by atoms with E-state index in [1.165, 1.54) is 186 Å². The second-order valence-electron chi connectivity index (χ2n) is 17.7. The van der Waals surface area contributed by atoms with E-state index >= 15 is 0 Å². The lowest BCUT2D eigenvalue weighted by atomic mass is 9.97. The molecule has 0 heterocycles. The number of ether oxygens (including phenoxy) is 3. The molecular weight excluding hydrogens is 679 g/mol. The summed E-state index contributed by atoms with van der Waals surface area (Å²) >= 11 is 0. The molecule has 0 saturated heterocycles. The Morgan fingerprint density at radius 3 is 1.33 bits per heavy atom. The first kappa shape index (κ1) is 54.3. The largest absolute Gasteiger partial charge is 0.379 e. The van der Waals surface area contributed by atoms with Crippen molar-refractivity contribution in [3.05, 3.63) is 0 Å². The summed E-state index contributed by atoms with van der Waals surface area (Å²) in [4.78, 5) is 12.9. The highest BCUT2D eigenvalue weighted by atomic mass is 16.5. The first-order chi connectivity index (χ1) is 26.9. The number of rotatable bonds is 46. The summed E-state index contributed by atoms with van der Waals surface area (Å²) in [6, 6.07) is 0. The van der Waals surface area contributed by atoms with Gasteiger partial charge in [0.1, 0.15) is 0 Å². The molecule has 330 valence electrons. The maximum absolute atomic E-state index is 12.9. The topological polar surface area (TPSA) is 56.8 Å². The molecule has 0 saturated carbocycles. The lowest BCUT2D eigenvalue weighted by molar-refractivity contribution is -0.129. The van der Waals surface area contributed by atoms with Gasteiger partial charge in [0.25, 0.3) is 0 Å². The average molecular weight is 780 g/mol. The Hall–Kier alpha value is -0.650. The van der Waals surface area contributed by atoms with Crippen molar-refractivity contribution in [2.45, 2.75) is 278 Å². The Morgan fingerprint density at radius 1 is 0.527 bits per heavy atom. The molecule has 0 aliphatic carbocycles. The fourth-order valence-corrected chi connectivity index (χ4v) is 7.49. The van der Waals surface area contributed by atoms with Crippen molar-refractivity contribution in [1.82, 2.24) is 5.32 Å². The van der Waals surface area contributed by atoms with E-state index in [-0.39, 0.29) is 12.0 Å². The molecular formula is C50H101NO4. The molecule has 0 aromatic rings. The molecule has 0 aliphatic heterocycles. The van der Waals surface area contributed by atoms with Gasteiger partial charge in [-0.1, -0.05) is 221 Å². The lowest BCUT2D eigenvalue weighted by Gasteiger charge is -2.29. The number of hydrogen-bond acceptors (Lipinski definition) is 4. The minimum atomic E-state index is -0.405. The van der Waals surface area contributed by atoms with Crippen LogP contribution in [0.4, 0.5) is 0 Å². The maximum Gasteiger partial charge on any atom is 0.222 e. The van der Waals surface area contributed by atoms with E-state index in [0.717, 1.165) is 51.9 Å².